The van der Waals surface area contributed by atoms with Crippen LogP contribution in [-0.2, 0) is 10.0 Å². The van der Waals surface area contributed by atoms with E-state index in [2.05, 4.69) is 14.5 Å². The number of aromatic carboxylic acids is 1. The summed E-state index contributed by atoms with van der Waals surface area (Å²) in [6.45, 7) is 6.54. The van der Waals surface area contributed by atoms with Crippen LogP contribution in [0.5, 0.6) is 5.75 Å². The summed E-state index contributed by atoms with van der Waals surface area (Å²) in [6, 6.07) is 19.4. The Kier molecular flexibility index (Phi) is 7.05. The number of methoxy groups -OCH3 is 1. The van der Waals surface area contributed by atoms with Gasteiger partial charge >= 0.3 is 5.97 Å². The van der Waals surface area contributed by atoms with E-state index in [4.69, 9.17) is 9.72 Å². The molecule has 202 valence electrons. The van der Waals surface area contributed by atoms with Crippen LogP contribution in [0.15, 0.2) is 71.6 Å². The second-order valence-corrected chi connectivity index (χ2v) is 11.3. The summed E-state index contributed by atoms with van der Waals surface area (Å²) >= 11 is 0. The number of carbonyl (C=O) groups is 1. The molecule has 9 nitrogen and oxygen atoms in total. The van der Waals surface area contributed by atoms with Crippen molar-refractivity contribution < 1.29 is 23.1 Å². The predicted molar refractivity (Wildman–Crippen MR) is 153 cm³/mol. The number of hydrogen-bond donors (Lipinski definition) is 2. The number of benzene rings is 3. The highest BCUT2D eigenvalue weighted by atomic mass is 32.2. The molecule has 1 fully saturated rings. The molecule has 4 aromatic rings. The smallest absolute Gasteiger partial charge is 0.336 e. The number of nitrogens with zero attached hydrogens (tertiary/aromatic N) is 3. The molecular weight excluding hydrogens is 516 g/mol. The van der Waals surface area contributed by atoms with Gasteiger partial charge < -0.3 is 19.6 Å². The number of carboxylic acids is 1. The number of carboxylic acid groups (broad SMARTS) is 1. The summed E-state index contributed by atoms with van der Waals surface area (Å²) in [5.74, 6) is 0.285. The zero-order valence-electron chi connectivity index (χ0n) is 22.0. The second kappa shape index (κ2) is 10.5. The molecule has 5 rings (SSSR count). The third-order valence-corrected chi connectivity index (χ3v) is 8.19. The molecule has 2 N–H and O–H groups in total. The minimum absolute atomic E-state index is 0.0695. The average Bonchev–Trinajstić information content (AvgIpc) is 2.92. The Morgan fingerprint density at radius 1 is 0.897 bits per heavy atom. The van der Waals surface area contributed by atoms with Crippen molar-refractivity contribution in [3.63, 3.8) is 0 Å². The molecule has 1 aromatic heterocycles. The van der Waals surface area contributed by atoms with Crippen molar-refractivity contribution in [1.29, 1.82) is 0 Å². The zero-order valence-corrected chi connectivity index (χ0v) is 22.8. The lowest BCUT2D eigenvalue weighted by Gasteiger charge is -2.37. The first kappa shape index (κ1) is 26.3. The Bertz CT molecular complexity index is 1630. The second-order valence-electron chi connectivity index (χ2n) is 9.67. The van der Waals surface area contributed by atoms with Gasteiger partial charge in [-0.15, -0.1) is 0 Å². The largest absolute Gasteiger partial charge is 0.497 e. The van der Waals surface area contributed by atoms with Crippen molar-refractivity contribution in [2.75, 3.05) is 47.8 Å². The Balaban J connectivity index is 1.39. The molecule has 1 aliphatic rings. The third kappa shape index (κ3) is 5.61. The van der Waals surface area contributed by atoms with Gasteiger partial charge in [-0.2, -0.15) is 0 Å². The first-order valence-corrected chi connectivity index (χ1v) is 14.0. The molecule has 2 heterocycles. The number of aromatic nitrogens is 1. The molecule has 0 unspecified atom stereocenters. The van der Waals surface area contributed by atoms with Crippen molar-refractivity contribution in [1.82, 2.24) is 4.98 Å². The number of piperazine rings is 1. The fraction of sp³-hybridized carbons (Fsp3) is 0.241. The number of fused-ring (bicyclic) bond motifs is 1. The highest BCUT2D eigenvalue weighted by Gasteiger charge is 2.22. The van der Waals surface area contributed by atoms with Crippen LogP contribution in [0.1, 0.15) is 21.5 Å². The Hall–Kier alpha value is -4.31. The topological polar surface area (TPSA) is 112 Å². The maximum absolute atomic E-state index is 13.0. The van der Waals surface area contributed by atoms with Crippen LogP contribution in [0.4, 0.5) is 17.2 Å². The molecule has 0 saturated carbocycles. The number of rotatable bonds is 7. The first-order chi connectivity index (χ1) is 18.6. The lowest BCUT2D eigenvalue weighted by molar-refractivity contribution is 0.0699. The van der Waals surface area contributed by atoms with Gasteiger partial charge in [-0.3, -0.25) is 4.72 Å². The molecule has 39 heavy (non-hydrogen) atoms. The summed E-state index contributed by atoms with van der Waals surface area (Å²) in [7, 11) is -2.22. The lowest BCUT2D eigenvalue weighted by atomic mass is 10.1. The number of ether oxygens (including phenoxy) is 1. The van der Waals surface area contributed by atoms with Crippen molar-refractivity contribution >= 4 is 44.1 Å². The zero-order chi connectivity index (χ0) is 27.7. The van der Waals surface area contributed by atoms with E-state index in [0.29, 0.717) is 29.8 Å². The number of aryl methyl sites for hydroxylation is 2. The van der Waals surface area contributed by atoms with Gasteiger partial charge in [0.25, 0.3) is 10.0 Å². The number of pyridine rings is 1. The Labute approximate surface area is 227 Å². The standard InChI is InChI=1S/C29H30N4O5S/c1-19-14-20(2)16-24(15-19)39(36,37)31-21-4-9-27-25(17-21)26(29(34)35)18-28(30-27)33-12-10-32(11-13-33)22-5-7-23(38-3)8-6-22/h4-9,14-18,31H,10-13H2,1-3H3,(H,34,35). The quantitative estimate of drug-likeness (QED) is 0.344. The van der Waals surface area contributed by atoms with Crippen molar-refractivity contribution in [2.45, 2.75) is 18.7 Å². The minimum Gasteiger partial charge on any atom is -0.497 e. The molecule has 0 spiro atoms. The van der Waals surface area contributed by atoms with Gasteiger partial charge in [-0.25, -0.2) is 18.2 Å². The van der Waals surface area contributed by atoms with Crippen molar-refractivity contribution in [3.05, 3.63) is 83.4 Å². The van der Waals surface area contributed by atoms with Crippen LogP contribution >= 0.6 is 0 Å². The molecule has 0 bridgehead atoms. The van der Waals surface area contributed by atoms with Gasteiger partial charge in [0.15, 0.2) is 0 Å². The molecule has 10 heteroatoms. The minimum atomic E-state index is -3.86. The molecule has 0 amide bonds. The van der Waals surface area contributed by atoms with Crippen LogP contribution in [-0.4, -0.2) is 57.8 Å². The lowest BCUT2D eigenvalue weighted by Crippen LogP contribution is -2.46. The van der Waals surface area contributed by atoms with Gasteiger partial charge in [0.05, 0.1) is 23.1 Å². The maximum Gasteiger partial charge on any atom is 0.336 e. The molecule has 0 atom stereocenters. The summed E-state index contributed by atoms with van der Waals surface area (Å²) < 4.78 is 33.9. The van der Waals surface area contributed by atoms with Gasteiger partial charge in [0.1, 0.15) is 11.6 Å². The summed E-state index contributed by atoms with van der Waals surface area (Å²) in [5, 5.41) is 10.4. The first-order valence-electron chi connectivity index (χ1n) is 12.6. The van der Waals surface area contributed by atoms with E-state index in [0.717, 1.165) is 35.7 Å². The summed E-state index contributed by atoms with van der Waals surface area (Å²) in [5.41, 5.74) is 3.60. The number of anilines is 3. The number of nitrogens with one attached hydrogen (secondary N) is 1. The monoisotopic (exact) mass is 546 g/mol. The predicted octanol–water partition coefficient (Wildman–Crippen LogP) is 4.69. The molecular formula is C29H30N4O5S. The number of hydrogen-bond acceptors (Lipinski definition) is 7. The van der Waals surface area contributed by atoms with E-state index in [9.17, 15) is 18.3 Å². The fourth-order valence-corrected chi connectivity index (χ4v) is 6.14. The molecule has 0 aliphatic carbocycles. The molecule has 3 aromatic carbocycles. The summed E-state index contributed by atoms with van der Waals surface area (Å²) in [6.07, 6.45) is 0. The van der Waals surface area contributed by atoms with E-state index in [1.165, 1.54) is 6.07 Å². The van der Waals surface area contributed by atoms with E-state index in [1.807, 2.05) is 44.2 Å². The Morgan fingerprint density at radius 2 is 1.54 bits per heavy atom. The van der Waals surface area contributed by atoms with Crippen molar-refractivity contribution in [2.24, 2.45) is 0 Å². The molecule has 1 saturated heterocycles. The van der Waals surface area contributed by atoms with Crippen LogP contribution in [0.3, 0.4) is 0 Å². The Morgan fingerprint density at radius 3 is 2.15 bits per heavy atom. The highest BCUT2D eigenvalue weighted by molar-refractivity contribution is 7.92. The van der Waals surface area contributed by atoms with E-state index >= 15 is 0 Å². The molecule has 0 radical (unpaired) electrons. The normalized spacial score (nSPS) is 13.9. The SMILES string of the molecule is COc1ccc(N2CCN(c3cc(C(=O)O)c4cc(NS(=O)(=O)c5cc(C)cc(C)c5)ccc4n3)CC2)cc1. The van der Waals surface area contributed by atoms with Crippen LogP contribution in [0.2, 0.25) is 0 Å². The van der Waals surface area contributed by atoms with Gasteiger partial charge in [-0.1, -0.05) is 6.07 Å². The van der Waals surface area contributed by atoms with Gasteiger partial charge in [-0.05, 0) is 85.6 Å². The fourth-order valence-electron chi connectivity index (χ4n) is 4.90. The van der Waals surface area contributed by atoms with Crippen LogP contribution in [0.25, 0.3) is 10.9 Å². The van der Waals surface area contributed by atoms with Gasteiger partial charge in [0, 0.05) is 42.9 Å². The summed E-state index contributed by atoms with van der Waals surface area (Å²) in [4.78, 5) is 21.5. The van der Waals surface area contributed by atoms with Gasteiger partial charge in [0.2, 0.25) is 0 Å². The van der Waals surface area contributed by atoms with Crippen molar-refractivity contribution in [3.8, 4) is 5.75 Å². The third-order valence-electron chi connectivity index (χ3n) is 6.82. The van der Waals surface area contributed by atoms with E-state index in [-0.39, 0.29) is 16.1 Å². The van der Waals surface area contributed by atoms with Crippen LogP contribution < -0.4 is 19.3 Å². The van der Waals surface area contributed by atoms with Crippen LogP contribution in [0, 0.1) is 13.8 Å². The molecule has 1 aliphatic heterocycles. The van der Waals surface area contributed by atoms with E-state index < -0.39 is 16.0 Å². The average molecular weight is 547 g/mol. The maximum atomic E-state index is 13.0. The number of sulfonamides is 1. The van der Waals surface area contributed by atoms with E-state index in [1.54, 1.807) is 37.4 Å². The highest BCUT2D eigenvalue weighted by Crippen LogP contribution is 2.29.